The molecule has 0 aromatic heterocycles. The number of carbonyl (C=O) groups excluding carboxylic acids is 1. The first-order chi connectivity index (χ1) is 10.0. The van der Waals surface area contributed by atoms with Crippen LogP contribution in [0.4, 0.5) is 11.4 Å². The monoisotopic (exact) mass is 311 g/mol. The zero-order valence-electron chi connectivity index (χ0n) is 12.3. The van der Waals surface area contributed by atoms with Crippen molar-refractivity contribution in [2.45, 2.75) is 25.4 Å². The Morgan fingerprint density at radius 3 is 3.10 bits per heavy atom. The van der Waals surface area contributed by atoms with Crippen molar-refractivity contribution < 1.29 is 9.53 Å². The Kier molecular flexibility index (Phi) is 5.85. The molecule has 3 N–H and O–H groups in total. The van der Waals surface area contributed by atoms with E-state index >= 15 is 0 Å². The molecule has 0 saturated carbocycles. The molecule has 21 heavy (non-hydrogen) atoms. The second kappa shape index (κ2) is 7.64. The highest BCUT2D eigenvalue weighted by atomic mass is 35.5. The van der Waals surface area contributed by atoms with Gasteiger partial charge in [0.1, 0.15) is 0 Å². The average Bonchev–Trinajstić information content (AvgIpc) is 2.93. The molecule has 1 aromatic rings. The summed E-state index contributed by atoms with van der Waals surface area (Å²) >= 11 is 5.89. The number of hydrogen-bond donors (Lipinski definition) is 2. The summed E-state index contributed by atoms with van der Waals surface area (Å²) in [6, 6.07) is 5.04. The summed E-state index contributed by atoms with van der Waals surface area (Å²) in [5.74, 6) is -0.0665. The van der Waals surface area contributed by atoms with Gasteiger partial charge in [0.05, 0.1) is 17.5 Å². The Morgan fingerprint density at radius 2 is 2.38 bits per heavy atom. The summed E-state index contributed by atoms with van der Waals surface area (Å²) in [6.45, 7) is 2.41. The van der Waals surface area contributed by atoms with Crippen LogP contribution in [0.5, 0.6) is 0 Å². The molecule has 2 rings (SSSR count). The maximum absolute atomic E-state index is 11.9. The zero-order chi connectivity index (χ0) is 15.2. The van der Waals surface area contributed by atoms with E-state index in [4.69, 9.17) is 22.1 Å². The zero-order valence-corrected chi connectivity index (χ0v) is 13.0. The summed E-state index contributed by atoms with van der Waals surface area (Å²) in [5, 5.41) is 3.34. The van der Waals surface area contributed by atoms with Crippen LogP contribution in [-0.2, 0) is 9.53 Å². The van der Waals surface area contributed by atoms with Gasteiger partial charge in [0.25, 0.3) is 0 Å². The first-order valence-electron chi connectivity index (χ1n) is 7.19. The normalized spacial score (nSPS) is 18.1. The number of hydrogen-bond acceptors (Lipinski definition) is 4. The topological polar surface area (TPSA) is 67.6 Å². The Bertz CT molecular complexity index is 490. The molecule has 1 heterocycles. The number of amides is 1. The van der Waals surface area contributed by atoms with Crippen LogP contribution in [0.3, 0.4) is 0 Å². The number of ether oxygens (including phenoxy) is 1. The second-order valence-corrected chi connectivity index (χ2v) is 5.86. The molecule has 5 nitrogen and oxygen atoms in total. The fraction of sp³-hybridized carbons (Fsp3) is 0.533. The van der Waals surface area contributed by atoms with Gasteiger partial charge in [-0.15, -0.1) is 0 Å². The number of nitrogens with zero attached hydrogens (tertiary/aromatic N) is 1. The van der Waals surface area contributed by atoms with Crippen molar-refractivity contribution >= 4 is 28.9 Å². The van der Waals surface area contributed by atoms with Crippen LogP contribution in [0.2, 0.25) is 5.02 Å². The number of nitrogen functional groups attached to an aromatic ring is 1. The standard InChI is InChI=1S/C15H22ClN3O2/c1-19(10-12-3-2-8-21-12)7-6-15(20)18-14-9-11(16)4-5-13(14)17/h4-5,9,12H,2-3,6-8,10,17H2,1H3,(H,18,20). The van der Waals surface area contributed by atoms with Crippen LogP contribution in [0.1, 0.15) is 19.3 Å². The van der Waals surface area contributed by atoms with Gasteiger partial charge in [-0.1, -0.05) is 11.6 Å². The number of likely N-dealkylation sites (N-methyl/N-ethyl adjacent to an activating group) is 1. The maximum atomic E-state index is 11.9. The Balaban J connectivity index is 1.75. The van der Waals surface area contributed by atoms with E-state index in [-0.39, 0.29) is 5.91 Å². The average molecular weight is 312 g/mol. The van der Waals surface area contributed by atoms with Gasteiger partial charge < -0.3 is 20.7 Å². The largest absolute Gasteiger partial charge is 0.397 e. The lowest BCUT2D eigenvalue weighted by atomic mass is 10.2. The molecular weight excluding hydrogens is 290 g/mol. The third kappa shape index (κ3) is 5.19. The quantitative estimate of drug-likeness (QED) is 0.791. The van der Waals surface area contributed by atoms with Crippen molar-refractivity contribution in [1.29, 1.82) is 0 Å². The molecule has 1 fully saturated rings. The van der Waals surface area contributed by atoms with Gasteiger partial charge in [-0.25, -0.2) is 0 Å². The maximum Gasteiger partial charge on any atom is 0.225 e. The molecule has 116 valence electrons. The van der Waals surface area contributed by atoms with Crippen LogP contribution in [0.25, 0.3) is 0 Å². The summed E-state index contributed by atoms with van der Waals surface area (Å²) < 4.78 is 5.58. The SMILES string of the molecule is CN(CCC(=O)Nc1cc(Cl)ccc1N)CC1CCCO1. The van der Waals surface area contributed by atoms with Gasteiger partial charge >= 0.3 is 0 Å². The predicted molar refractivity (Wildman–Crippen MR) is 85.6 cm³/mol. The van der Waals surface area contributed by atoms with Crippen LogP contribution in [-0.4, -0.2) is 43.7 Å². The summed E-state index contributed by atoms with van der Waals surface area (Å²) in [5.41, 5.74) is 6.88. The number of nitrogens with two attached hydrogens (primary N) is 1. The molecule has 1 aliphatic rings. The molecule has 1 saturated heterocycles. The summed E-state index contributed by atoms with van der Waals surface area (Å²) in [4.78, 5) is 14.1. The number of nitrogens with one attached hydrogen (secondary N) is 1. The van der Waals surface area contributed by atoms with Gasteiger partial charge in [0.2, 0.25) is 5.91 Å². The highest BCUT2D eigenvalue weighted by molar-refractivity contribution is 6.31. The second-order valence-electron chi connectivity index (χ2n) is 5.43. The molecule has 1 unspecified atom stereocenters. The van der Waals surface area contributed by atoms with Crippen LogP contribution < -0.4 is 11.1 Å². The third-order valence-electron chi connectivity index (χ3n) is 3.55. The fourth-order valence-electron chi connectivity index (χ4n) is 2.37. The van der Waals surface area contributed by atoms with Crippen molar-refractivity contribution in [1.82, 2.24) is 4.90 Å². The number of rotatable bonds is 6. The minimum atomic E-state index is -0.0665. The highest BCUT2D eigenvalue weighted by Gasteiger charge is 2.17. The predicted octanol–water partition coefficient (Wildman–Crippen LogP) is 2.36. The van der Waals surface area contributed by atoms with Crippen molar-refractivity contribution in [3.63, 3.8) is 0 Å². The molecule has 1 atom stereocenters. The van der Waals surface area contributed by atoms with E-state index in [1.54, 1.807) is 18.2 Å². The van der Waals surface area contributed by atoms with E-state index in [1.165, 1.54) is 0 Å². The van der Waals surface area contributed by atoms with Gasteiger partial charge in [-0.05, 0) is 38.1 Å². The molecule has 0 radical (unpaired) electrons. The molecule has 6 heteroatoms. The minimum Gasteiger partial charge on any atom is -0.397 e. The van der Waals surface area contributed by atoms with Gasteiger partial charge in [-0.2, -0.15) is 0 Å². The van der Waals surface area contributed by atoms with E-state index in [1.807, 2.05) is 7.05 Å². The molecule has 1 aromatic carbocycles. The molecule has 1 aliphatic heterocycles. The number of benzene rings is 1. The number of anilines is 2. The van der Waals surface area contributed by atoms with E-state index in [9.17, 15) is 4.79 Å². The Labute approximate surface area is 130 Å². The van der Waals surface area contributed by atoms with Gasteiger partial charge in [-0.3, -0.25) is 4.79 Å². The molecule has 0 bridgehead atoms. The summed E-state index contributed by atoms with van der Waals surface area (Å²) in [6.07, 6.45) is 2.96. The molecule has 0 spiro atoms. The first-order valence-corrected chi connectivity index (χ1v) is 7.57. The fourth-order valence-corrected chi connectivity index (χ4v) is 2.54. The lowest BCUT2D eigenvalue weighted by molar-refractivity contribution is -0.116. The number of halogens is 1. The van der Waals surface area contributed by atoms with Crippen molar-refractivity contribution in [2.24, 2.45) is 0 Å². The van der Waals surface area contributed by atoms with E-state index in [2.05, 4.69) is 10.2 Å². The van der Waals surface area contributed by atoms with Gasteiger partial charge in [0.15, 0.2) is 0 Å². The Morgan fingerprint density at radius 1 is 1.57 bits per heavy atom. The molecule has 1 amide bonds. The first kappa shape index (κ1) is 16.1. The van der Waals surface area contributed by atoms with Crippen LogP contribution >= 0.6 is 11.6 Å². The number of carbonyl (C=O) groups is 1. The van der Waals surface area contributed by atoms with E-state index in [0.717, 1.165) is 26.0 Å². The lowest BCUT2D eigenvalue weighted by Gasteiger charge is -2.20. The third-order valence-corrected chi connectivity index (χ3v) is 3.78. The van der Waals surface area contributed by atoms with Crippen LogP contribution in [0.15, 0.2) is 18.2 Å². The van der Waals surface area contributed by atoms with Crippen molar-refractivity contribution in [2.75, 3.05) is 37.8 Å². The highest BCUT2D eigenvalue weighted by Crippen LogP contribution is 2.23. The smallest absolute Gasteiger partial charge is 0.225 e. The Hall–Kier alpha value is -1.30. The minimum absolute atomic E-state index is 0.0665. The summed E-state index contributed by atoms with van der Waals surface area (Å²) in [7, 11) is 2.00. The van der Waals surface area contributed by atoms with Crippen molar-refractivity contribution in [3.05, 3.63) is 23.2 Å². The van der Waals surface area contributed by atoms with Crippen molar-refractivity contribution in [3.8, 4) is 0 Å². The van der Waals surface area contributed by atoms with E-state index < -0.39 is 0 Å². The molecular formula is C15H22ClN3O2. The van der Waals surface area contributed by atoms with Gasteiger partial charge in [0, 0.05) is 31.1 Å². The van der Waals surface area contributed by atoms with Crippen LogP contribution in [0, 0.1) is 0 Å². The molecule has 0 aliphatic carbocycles. The van der Waals surface area contributed by atoms with E-state index in [0.29, 0.717) is 35.5 Å². The lowest BCUT2D eigenvalue weighted by Crippen LogP contribution is -2.31.